The van der Waals surface area contributed by atoms with E-state index in [1.165, 1.54) is 6.08 Å². The molecule has 0 unspecified atom stereocenters. The first-order valence-electron chi connectivity index (χ1n) is 5.55. The van der Waals surface area contributed by atoms with E-state index in [1.807, 2.05) is 26.2 Å². The molecule has 0 saturated carbocycles. The maximum Gasteiger partial charge on any atom is 0.331 e. The van der Waals surface area contributed by atoms with Gasteiger partial charge in [-0.2, -0.15) is 0 Å². The van der Waals surface area contributed by atoms with Gasteiger partial charge in [0.2, 0.25) is 0 Å². The van der Waals surface area contributed by atoms with Crippen LogP contribution in [-0.2, 0) is 9.53 Å². The number of thioether (sulfide) groups is 1. The van der Waals surface area contributed by atoms with Crippen LogP contribution in [0, 0.1) is 10.8 Å². The Morgan fingerprint density at radius 3 is 2.12 bits per heavy atom. The van der Waals surface area contributed by atoms with Gasteiger partial charge in [-0.1, -0.05) is 41.5 Å². The van der Waals surface area contributed by atoms with Crippen molar-refractivity contribution in [3.63, 3.8) is 0 Å². The van der Waals surface area contributed by atoms with Crippen molar-refractivity contribution in [2.24, 2.45) is 10.8 Å². The van der Waals surface area contributed by atoms with E-state index in [0.29, 0.717) is 6.61 Å². The molecule has 0 aromatic carbocycles. The van der Waals surface area contributed by atoms with Crippen LogP contribution in [0.4, 0.5) is 0 Å². The Hall–Kier alpha value is -0.440. The second kappa shape index (κ2) is 6.33. The van der Waals surface area contributed by atoms with Crippen molar-refractivity contribution in [2.75, 3.05) is 12.4 Å². The summed E-state index contributed by atoms with van der Waals surface area (Å²) in [4.78, 5) is 11.3. The minimum absolute atomic E-state index is 0.0298. The van der Waals surface area contributed by atoms with Crippen molar-refractivity contribution in [1.29, 1.82) is 0 Å². The molecule has 0 amide bonds. The lowest BCUT2D eigenvalue weighted by atomic mass is 9.99. The van der Waals surface area contributed by atoms with E-state index in [-0.39, 0.29) is 16.8 Å². The highest BCUT2D eigenvalue weighted by molar-refractivity contribution is 8.02. The fourth-order valence-electron chi connectivity index (χ4n) is 0.738. The summed E-state index contributed by atoms with van der Waals surface area (Å²) in [7, 11) is 0. The SMILES string of the molecule is CC(C)(C)COC(=O)C=CSCC(C)(C)C. The van der Waals surface area contributed by atoms with Crippen LogP contribution < -0.4 is 0 Å². The number of ether oxygens (including phenoxy) is 1. The molecular formula is C13H24O2S. The molecule has 3 heteroatoms. The summed E-state index contributed by atoms with van der Waals surface area (Å²) in [6.45, 7) is 13.1. The number of esters is 1. The highest BCUT2D eigenvalue weighted by Gasteiger charge is 2.12. The third-order valence-corrected chi connectivity index (χ3v) is 2.83. The smallest absolute Gasteiger partial charge is 0.331 e. The van der Waals surface area contributed by atoms with Crippen LogP contribution in [-0.4, -0.2) is 18.3 Å². The van der Waals surface area contributed by atoms with E-state index >= 15 is 0 Å². The zero-order valence-electron chi connectivity index (χ0n) is 11.3. The molecule has 0 aliphatic heterocycles. The van der Waals surface area contributed by atoms with Gasteiger partial charge in [0.15, 0.2) is 0 Å². The van der Waals surface area contributed by atoms with Crippen molar-refractivity contribution in [2.45, 2.75) is 41.5 Å². The lowest BCUT2D eigenvalue weighted by Gasteiger charge is -2.17. The van der Waals surface area contributed by atoms with Crippen LogP contribution in [0.25, 0.3) is 0 Å². The lowest BCUT2D eigenvalue weighted by molar-refractivity contribution is -0.140. The van der Waals surface area contributed by atoms with Crippen LogP contribution in [0.3, 0.4) is 0 Å². The van der Waals surface area contributed by atoms with Crippen molar-refractivity contribution in [1.82, 2.24) is 0 Å². The summed E-state index contributed by atoms with van der Waals surface area (Å²) >= 11 is 1.64. The molecule has 94 valence electrons. The van der Waals surface area contributed by atoms with Crippen LogP contribution in [0.15, 0.2) is 11.5 Å². The zero-order valence-corrected chi connectivity index (χ0v) is 12.1. The maximum absolute atomic E-state index is 11.3. The minimum Gasteiger partial charge on any atom is -0.462 e. The predicted molar refractivity (Wildman–Crippen MR) is 71.5 cm³/mol. The molecule has 0 aromatic heterocycles. The first-order chi connectivity index (χ1) is 7.10. The Bertz CT molecular complexity index is 244. The second-order valence-corrected chi connectivity index (χ2v) is 7.24. The fraction of sp³-hybridized carbons (Fsp3) is 0.769. The number of carbonyl (C=O) groups is 1. The Morgan fingerprint density at radius 2 is 1.69 bits per heavy atom. The molecule has 0 aromatic rings. The van der Waals surface area contributed by atoms with Gasteiger partial charge in [-0.3, -0.25) is 0 Å². The maximum atomic E-state index is 11.3. The summed E-state index contributed by atoms with van der Waals surface area (Å²) in [5.41, 5.74) is 0.312. The Labute approximate surface area is 104 Å². The molecule has 0 bridgehead atoms. The van der Waals surface area contributed by atoms with Crippen LogP contribution in [0.2, 0.25) is 0 Å². The number of hydrogen-bond acceptors (Lipinski definition) is 3. The van der Waals surface area contributed by atoms with E-state index in [0.717, 1.165) is 5.75 Å². The minimum atomic E-state index is -0.253. The van der Waals surface area contributed by atoms with Gasteiger partial charge in [0, 0.05) is 11.8 Å². The monoisotopic (exact) mass is 244 g/mol. The van der Waals surface area contributed by atoms with E-state index < -0.39 is 0 Å². The third kappa shape index (κ3) is 11.6. The molecule has 0 rings (SSSR count). The molecule has 2 nitrogen and oxygen atoms in total. The molecule has 0 aliphatic rings. The Kier molecular flexibility index (Phi) is 6.16. The second-order valence-electron chi connectivity index (χ2n) is 6.34. The molecular weight excluding hydrogens is 220 g/mol. The quantitative estimate of drug-likeness (QED) is 0.555. The Morgan fingerprint density at radius 1 is 1.12 bits per heavy atom. The van der Waals surface area contributed by atoms with Crippen LogP contribution >= 0.6 is 11.8 Å². The normalized spacial score (nSPS) is 13.1. The average Bonchev–Trinajstić information content (AvgIpc) is 2.06. The number of hydrogen-bond donors (Lipinski definition) is 0. The summed E-state index contributed by atoms with van der Waals surface area (Å²) in [5.74, 6) is 0.743. The van der Waals surface area contributed by atoms with Crippen LogP contribution in [0.5, 0.6) is 0 Å². The van der Waals surface area contributed by atoms with E-state index in [1.54, 1.807) is 11.8 Å². The van der Waals surface area contributed by atoms with Gasteiger partial charge in [-0.15, -0.1) is 11.8 Å². The first-order valence-corrected chi connectivity index (χ1v) is 6.60. The van der Waals surface area contributed by atoms with Gasteiger partial charge in [0.05, 0.1) is 6.61 Å². The number of carbonyl (C=O) groups excluding carboxylic acids is 1. The van der Waals surface area contributed by atoms with Crippen molar-refractivity contribution in [3.8, 4) is 0 Å². The zero-order chi connectivity index (χ0) is 12.8. The summed E-state index contributed by atoms with van der Waals surface area (Å²) < 4.78 is 5.10. The fourth-order valence-corrected chi connectivity index (χ4v) is 1.54. The van der Waals surface area contributed by atoms with Gasteiger partial charge >= 0.3 is 5.97 Å². The molecule has 0 spiro atoms. The molecule has 16 heavy (non-hydrogen) atoms. The van der Waals surface area contributed by atoms with E-state index in [2.05, 4.69) is 20.8 Å². The van der Waals surface area contributed by atoms with Crippen molar-refractivity contribution < 1.29 is 9.53 Å². The van der Waals surface area contributed by atoms with Gasteiger partial charge in [-0.25, -0.2) is 4.79 Å². The van der Waals surface area contributed by atoms with E-state index in [9.17, 15) is 4.79 Å². The average molecular weight is 244 g/mol. The molecule has 0 heterocycles. The van der Waals surface area contributed by atoms with Crippen molar-refractivity contribution in [3.05, 3.63) is 11.5 Å². The highest BCUT2D eigenvalue weighted by atomic mass is 32.2. The summed E-state index contributed by atoms with van der Waals surface area (Å²) in [6.07, 6.45) is 1.50. The van der Waals surface area contributed by atoms with Gasteiger partial charge in [-0.05, 0) is 16.2 Å². The molecule has 0 radical (unpaired) electrons. The highest BCUT2D eigenvalue weighted by Crippen LogP contribution is 2.21. The van der Waals surface area contributed by atoms with Gasteiger partial charge in [0.25, 0.3) is 0 Å². The van der Waals surface area contributed by atoms with Crippen LogP contribution in [0.1, 0.15) is 41.5 Å². The summed E-state index contributed by atoms with van der Waals surface area (Å²) in [6, 6.07) is 0. The molecule has 0 aliphatic carbocycles. The van der Waals surface area contributed by atoms with Gasteiger partial charge in [0.1, 0.15) is 0 Å². The van der Waals surface area contributed by atoms with Gasteiger partial charge < -0.3 is 4.74 Å². The topological polar surface area (TPSA) is 26.3 Å². The Balaban J connectivity index is 3.76. The first kappa shape index (κ1) is 15.6. The predicted octanol–water partition coefficient (Wildman–Crippen LogP) is 3.87. The number of rotatable bonds is 4. The summed E-state index contributed by atoms with van der Waals surface area (Å²) in [5, 5.41) is 1.82. The van der Waals surface area contributed by atoms with E-state index in [4.69, 9.17) is 4.74 Å². The standard InChI is InChI=1S/C13H24O2S/c1-12(2,3)9-15-11(14)7-8-16-10-13(4,5)6/h7-8H,9-10H2,1-6H3. The van der Waals surface area contributed by atoms with Crippen molar-refractivity contribution >= 4 is 17.7 Å². The third-order valence-electron chi connectivity index (χ3n) is 1.46. The molecule has 0 saturated heterocycles. The largest absolute Gasteiger partial charge is 0.462 e. The molecule has 0 fully saturated rings. The lowest BCUT2D eigenvalue weighted by Crippen LogP contribution is -2.17. The molecule has 0 N–H and O–H groups in total. The molecule has 0 atom stereocenters.